The first-order valence-corrected chi connectivity index (χ1v) is 9.47. The van der Waals surface area contributed by atoms with E-state index in [1.807, 2.05) is 31.2 Å². The van der Waals surface area contributed by atoms with Gasteiger partial charge in [-0.05, 0) is 55.2 Å². The van der Waals surface area contributed by atoms with Crippen molar-refractivity contribution in [3.05, 3.63) is 82.6 Å². The molecule has 6 heteroatoms. The number of carboxylic acid groups (broad SMARTS) is 1. The third-order valence-electron chi connectivity index (χ3n) is 4.79. The zero-order chi connectivity index (χ0) is 20.0. The second-order valence-corrected chi connectivity index (χ2v) is 7.53. The van der Waals surface area contributed by atoms with Gasteiger partial charge in [0.25, 0.3) is 0 Å². The van der Waals surface area contributed by atoms with Crippen molar-refractivity contribution >= 4 is 22.0 Å². The van der Waals surface area contributed by atoms with Gasteiger partial charge in [-0.25, -0.2) is 9.18 Å². The van der Waals surface area contributed by atoms with Crippen LogP contribution in [0.4, 0.5) is 9.18 Å². The molecule has 3 N–H and O–H groups in total. The molecule has 2 rings (SSSR count). The summed E-state index contributed by atoms with van der Waals surface area (Å²) in [6.07, 6.45) is 1.54. The van der Waals surface area contributed by atoms with Crippen molar-refractivity contribution in [1.29, 1.82) is 0 Å². The molecule has 0 aromatic heterocycles. The van der Waals surface area contributed by atoms with Gasteiger partial charge in [0, 0.05) is 16.6 Å². The highest BCUT2D eigenvalue weighted by Crippen LogP contribution is 2.29. The molecule has 144 valence electrons. The van der Waals surface area contributed by atoms with Crippen molar-refractivity contribution in [2.75, 3.05) is 6.54 Å². The molecule has 2 aromatic rings. The Morgan fingerprint density at radius 2 is 1.89 bits per heavy atom. The third-order valence-corrected chi connectivity index (χ3v) is 5.32. The Balaban J connectivity index is 2.21. The van der Waals surface area contributed by atoms with Crippen molar-refractivity contribution in [3.8, 4) is 0 Å². The summed E-state index contributed by atoms with van der Waals surface area (Å²) in [4.78, 5) is 13.2. The number of amides is 1. The van der Waals surface area contributed by atoms with E-state index in [4.69, 9.17) is 5.73 Å². The molecular weight excluding hydrogens is 411 g/mol. The number of halogens is 2. The fourth-order valence-electron chi connectivity index (χ4n) is 3.10. The Morgan fingerprint density at radius 3 is 2.41 bits per heavy atom. The SMILES string of the molecule is C=CC[C@@](N)(CCN(C(=O)O)[C@@H](C)c1ccc(Br)cc1)c1ccc(F)cc1. The zero-order valence-corrected chi connectivity index (χ0v) is 16.8. The summed E-state index contributed by atoms with van der Waals surface area (Å²) in [6, 6.07) is 13.2. The molecule has 0 saturated carbocycles. The van der Waals surface area contributed by atoms with Gasteiger partial charge >= 0.3 is 6.09 Å². The van der Waals surface area contributed by atoms with Gasteiger partial charge in [-0.2, -0.15) is 0 Å². The smallest absolute Gasteiger partial charge is 0.407 e. The minimum absolute atomic E-state index is 0.244. The van der Waals surface area contributed by atoms with E-state index in [1.54, 1.807) is 18.2 Å². The van der Waals surface area contributed by atoms with Crippen LogP contribution in [0.1, 0.15) is 36.9 Å². The van der Waals surface area contributed by atoms with E-state index in [0.717, 1.165) is 15.6 Å². The van der Waals surface area contributed by atoms with E-state index in [2.05, 4.69) is 22.5 Å². The van der Waals surface area contributed by atoms with E-state index in [-0.39, 0.29) is 18.4 Å². The summed E-state index contributed by atoms with van der Waals surface area (Å²) in [5.74, 6) is -0.337. The highest BCUT2D eigenvalue weighted by molar-refractivity contribution is 9.10. The Morgan fingerprint density at radius 1 is 1.30 bits per heavy atom. The van der Waals surface area contributed by atoms with Crippen LogP contribution < -0.4 is 5.73 Å². The van der Waals surface area contributed by atoms with Crippen LogP contribution in [0.3, 0.4) is 0 Å². The molecule has 0 aliphatic rings. The summed E-state index contributed by atoms with van der Waals surface area (Å²) in [5, 5.41) is 9.70. The molecule has 0 saturated heterocycles. The number of carbonyl (C=O) groups is 1. The monoisotopic (exact) mass is 434 g/mol. The second kappa shape index (κ2) is 9.15. The van der Waals surface area contributed by atoms with Crippen LogP contribution >= 0.6 is 15.9 Å². The summed E-state index contributed by atoms with van der Waals surface area (Å²) in [6.45, 7) is 5.85. The highest BCUT2D eigenvalue weighted by atomic mass is 79.9. The lowest BCUT2D eigenvalue weighted by Crippen LogP contribution is -2.42. The highest BCUT2D eigenvalue weighted by Gasteiger charge is 2.29. The summed E-state index contributed by atoms with van der Waals surface area (Å²) in [7, 11) is 0. The van der Waals surface area contributed by atoms with Crippen LogP contribution in [0.5, 0.6) is 0 Å². The zero-order valence-electron chi connectivity index (χ0n) is 15.2. The first-order chi connectivity index (χ1) is 12.8. The molecule has 0 aliphatic carbocycles. The molecule has 0 unspecified atom stereocenters. The van der Waals surface area contributed by atoms with Gasteiger partial charge in [-0.3, -0.25) is 0 Å². The van der Waals surface area contributed by atoms with E-state index < -0.39 is 11.6 Å². The molecule has 2 aromatic carbocycles. The summed E-state index contributed by atoms with van der Waals surface area (Å²) in [5.41, 5.74) is 7.40. The van der Waals surface area contributed by atoms with E-state index in [9.17, 15) is 14.3 Å². The molecule has 27 heavy (non-hydrogen) atoms. The topological polar surface area (TPSA) is 66.6 Å². The molecule has 4 nitrogen and oxygen atoms in total. The normalized spacial score (nSPS) is 14.2. The molecule has 0 bridgehead atoms. The fraction of sp³-hybridized carbons (Fsp3) is 0.286. The lowest BCUT2D eigenvalue weighted by atomic mass is 9.84. The maximum absolute atomic E-state index is 13.3. The predicted octanol–water partition coefficient (Wildman–Crippen LogP) is 5.45. The van der Waals surface area contributed by atoms with E-state index in [1.165, 1.54) is 17.0 Å². The lowest BCUT2D eigenvalue weighted by molar-refractivity contribution is 0.122. The average Bonchev–Trinajstić information content (AvgIpc) is 2.62. The van der Waals surface area contributed by atoms with E-state index in [0.29, 0.717) is 12.8 Å². The number of benzene rings is 2. The van der Waals surface area contributed by atoms with Crippen molar-refractivity contribution in [1.82, 2.24) is 4.90 Å². The van der Waals surface area contributed by atoms with Crippen molar-refractivity contribution in [3.63, 3.8) is 0 Å². The van der Waals surface area contributed by atoms with Crippen LogP contribution in [-0.2, 0) is 5.54 Å². The first-order valence-electron chi connectivity index (χ1n) is 8.67. The van der Waals surface area contributed by atoms with Gasteiger partial charge in [-0.1, -0.05) is 46.3 Å². The summed E-state index contributed by atoms with van der Waals surface area (Å²) < 4.78 is 14.2. The number of rotatable bonds is 8. The number of nitrogens with zero attached hydrogens (tertiary/aromatic N) is 1. The van der Waals surface area contributed by atoms with Crippen LogP contribution in [-0.4, -0.2) is 22.6 Å². The van der Waals surface area contributed by atoms with Crippen LogP contribution in [0.15, 0.2) is 65.7 Å². The molecular formula is C21H24BrFN2O2. The van der Waals surface area contributed by atoms with Gasteiger partial charge in [0.1, 0.15) is 5.82 Å². The largest absolute Gasteiger partial charge is 0.465 e. The fourth-order valence-corrected chi connectivity index (χ4v) is 3.36. The molecule has 0 fully saturated rings. The van der Waals surface area contributed by atoms with Crippen molar-refractivity contribution < 1.29 is 14.3 Å². The molecule has 0 aliphatic heterocycles. The van der Waals surface area contributed by atoms with Crippen LogP contribution in [0.25, 0.3) is 0 Å². The maximum Gasteiger partial charge on any atom is 0.407 e. The van der Waals surface area contributed by atoms with E-state index >= 15 is 0 Å². The number of hydrogen-bond donors (Lipinski definition) is 2. The van der Waals surface area contributed by atoms with Crippen LogP contribution in [0.2, 0.25) is 0 Å². The Labute approximate surface area is 167 Å². The minimum Gasteiger partial charge on any atom is -0.465 e. The number of hydrogen-bond acceptors (Lipinski definition) is 2. The molecule has 2 atom stereocenters. The van der Waals surface area contributed by atoms with Gasteiger partial charge in [-0.15, -0.1) is 6.58 Å². The Bertz CT molecular complexity index is 780. The lowest BCUT2D eigenvalue weighted by Gasteiger charge is -2.34. The standard InChI is InChI=1S/C21H24BrFN2O2/c1-3-12-21(24,17-6-10-19(23)11-7-17)13-14-25(20(26)27)15(2)16-4-8-18(22)9-5-16/h3-11,15H,1,12-14,24H2,2H3,(H,26,27)/t15-,21+/m0/s1. The first kappa shape index (κ1) is 21.1. The third kappa shape index (κ3) is 5.40. The molecule has 0 heterocycles. The van der Waals surface area contributed by atoms with Crippen molar-refractivity contribution in [2.45, 2.75) is 31.3 Å². The quantitative estimate of drug-likeness (QED) is 0.542. The van der Waals surface area contributed by atoms with Gasteiger partial charge in [0.05, 0.1) is 6.04 Å². The maximum atomic E-state index is 13.3. The predicted molar refractivity (Wildman–Crippen MR) is 109 cm³/mol. The van der Waals surface area contributed by atoms with Gasteiger partial charge in [0.2, 0.25) is 0 Å². The average molecular weight is 435 g/mol. The number of nitrogens with two attached hydrogens (primary N) is 1. The van der Waals surface area contributed by atoms with Crippen LogP contribution in [0, 0.1) is 5.82 Å². The summed E-state index contributed by atoms with van der Waals surface area (Å²) >= 11 is 3.38. The Hall–Kier alpha value is -2.18. The minimum atomic E-state index is -1.01. The van der Waals surface area contributed by atoms with Crippen molar-refractivity contribution in [2.24, 2.45) is 5.73 Å². The van der Waals surface area contributed by atoms with Gasteiger partial charge < -0.3 is 15.7 Å². The Kier molecular flexibility index (Phi) is 7.16. The molecule has 0 spiro atoms. The molecule has 0 radical (unpaired) electrons. The van der Waals surface area contributed by atoms with Gasteiger partial charge in [0.15, 0.2) is 0 Å². The molecule has 1 amide bonds. The second-order valence-electron chi connectivity index (χ2n) is 6.61.